The van der Waals surface area contributed by atoms with Crippen molar-refractivity contribution < 1.29 is 8.85 Å². The third-order valence-electron chi connectivity index (χ3n) is 6.44. The van der Waals surface area contributed by atoms with Crippen molar-refractivity contribution in [3.8, 4) is 5.75 Å². The fourth-order valence-corrected chi connectivity index (χ4v) is 7.75. The molecular formula is C25H27O2Si2. The summed E-state index contributed by atoms with van der Waals surface area (Å²) in [6.07, 6.45) is 1.03. The van der Waals surface area contributed by atoms with E-state index in [9.17, 15) is 0 Å². The van der Waals surface area contributed by atoms with Crippen LogP contribution < -0.4 is 4.43 Å². The fourth-order valence-electron chi connectivity index (χ4n) is 5.10. The highest BCUT2D eigenvalue weighted by Crippen LogP contribution is 2.58. The first kappa shape index (κ1) is 20.1. The van der Waals surface area contributed by atoms with Gasteiger partial charge in [-0.25, -0.2) is 0 Å². The summed E-state index contributed by atoms with van der Waals surface area (Å²) < 4.78 is 12.8. The monoisotopic (exact) mass is 415 g/mol. The fraction of sp³-hybridized carbons (Fsp3) is 0.280. The van der Waals surface area contributed by atoms with Crippen LogP contribution in [-0.2, 0) is 15.4 Å². The summed E-state index contributed by atoms with van der Waals surface area (Å²) in [5, 5.41) is 0. The first-order chi connectivity index (χ1) is 13.9. The van der Waals surface area contributed by atoms with E-state index >= 15 is 0 Å². The molecule has 1 saturated heterocycles. The standard InChI is InChI=1S/C25H27O2Si2/c1-24(22-16-10-11-17-23(22)26-28)25(18-19-29(2,3)27-24,20-12-6-4-7-13-20)21-14-8-5-9-15-21/h4-17H,18-19H2,1-3H3. The van der Waals surface area contributed by atoms with E-state index in [0.717, 1.165) is 23.8 Å². The maximum absolute atomic E-state index is 7.15. The predicted molar refractivity (Wildman–Crippen MR) is 122 cm³/mol. The lowest BCUT2D eigenvalue weighted by molar-refractivity contribution is -0.0146. The Bertz CT molecular complexity index is 933. The Balaban J connectivity index is 2.07. The lowest BCUT2D eigenvalue weighted by Crippen LogP contribution is -2.59. The van der Waals surface area contributed by atoms with Crippen LogP contribution in [0.2, 0.25) is 19.1 Å². The number of benzene rings is 3. The van der Waals surface area contributed by atoms with Crippen molar-refractivity contribution in [2.45, 2.75) is 43.5 Å². The highest BCUT2D eigenvalue weighted by molar-refractivity contribution is 6.71. The lowest BCUT2D eigenvalue weighted by atomic mass is 9.59. The molecule has 0 aromatic heterocycles. The normalized spacial score (nSPS) is 22.8. The second-order valence-corrected chi connectivity index (χ2v) is 13.1. The minimum absolute atomic E-state index is 0.321. The number of hydrogen-bond donors (Lipinski definition) is 0. The van der Waals surface area contributed by atoms with Crippen molar-refractivity contribution in [1.82, 2.24) is 0 Å². The van der Waals surface area contributed by atoms with E-state index in [1.165, 1.54) is 11.1 Å². The maximum atomic E-state index is 7.15. The smallest absolute Gasteiger partial charge is 0.341 e. The molecule has 1 fully saturated rings. The van der Waals surface area contributed by atoms with Gasteiger partial charge in [-0.1, -0.05) is 78.9 Å². The van der Waals surface area contributed by atoms with Gasteiger partial charge in [-0.3, -0.25) is 0 Å². The predicted octanol–water partition coefficient (Wildman–Crippen LogP) is 5.98. The van der Waals surface area contributed by atoms with Crippen LogP contribution in [0.5, 0.6) is 5.75 Å². The van der Waals surface area contributed by atoms with Crippen molar-refractivity contribution in [2.24, 2.45) is 0 Å². The number of hydrogen-bond acceptors (Lipinski definition) is 2. The molecule has 3 aromatic carbocycles. The molecule has 3 radical (unpaired) electrons. The SMILES string of the molecule is CC1(c2ccccc2O[Si])O[Si](C)(C)CCC1(c1ccccc1)c1ccccc1. The van der Waals surface area contributed by atoms with E-state index in [-0.39, 0.29) is 5.41 Å². The van der Waals surface area contributed by atoms with Gasteiger partial charge in [0, 0.05) is 5.56 Å². The zero-order valence-corrected chi connectivity index (χ0v) is 19.3. The van der Waals surface area contributed by atoms with E-state index in [2.05, 4.69) is 103 Å². The van der Waals surface area contributed by atoms with Crippen molar-refractivity contribution >= 4 is 18.8 Å². The molecule has 147 valence electrons. The Morgan fingerprint density at radius 3 is 1.90 bits per heavy atom. The van der Waals surface area contributed by atoms with Crippen LogP contribution in [0.25, 0.3) is 0 Å². The van der Waals surface area contributed by atoms with E-state index in [1.54, 1.807) is 0 Å². The van der Waals surface area contributed by atoms with Crippen molar-refractivity contribution in [2.75, 3.05) is 0 Å². The highest BCUT2D eigenvalue weighted by atomic mass is 28.4. The Hall–Kier alpha value is -2.15. The minimum Gasteiger partial charge on any atom is -0.540 e. The first-order valence-electron chi connectivity index (χ1n) is 10.2. The van der Waals surface area contributed by atoms with E-state index < -0.39 is 13.9 Å². The average molecular weight is 416 g/mol. The van der Waals surface area contributed by atoms with Gasteiger partial charge in [0.1, 0.15) is 5.75 Å². The summed E-state index contributed by atoms with van der Waals surface area (Å²) in [6, 6.07) is 31.0. The zero-order valence-electron chi connectivity index (χ0n) is 17.3. The Morgan fingerprint density at radius 1 is 0.828 bits per heavy atom. The van der Waals surface area contributed by atoms with Gasteiger partial charge in [0.25, 0.3) is 0 Å². The van der Waals surface area contributed by atoms with Crippen molar-refractivity contribution in [3.05, 3.63) is 102 Å². The topological polar surface area (TPSA) is 18.5 Å². The molecule has 29 heavy (non-hydrogen) atoms. The molecule has 4 rings (SSSR count). The molecule has 1 heterocycles. The Kier molecular flexibility index (Phi) is 5.27. The molecule has 0 N–H and O–H groups in total. The summed E-state index contributed by atoms with van der Waals surface area (Å²) in [5.74, 6) is 0.801. The van der Waals surface area contributed by atoms with E-state index in [1.807, 2.05) is 12.1 Å². The molecule has 0 bridgehead atoms. The summed E-state index contributed by atoms with van der Waals surface area (Å²) in [6.45, 7) is 6.90. The van der Waals surface area contributed by atoms with Crippen LogP contribution in [-0.4, -0.2) is 18.8 Å². The number of rotatable bonds is 4. The molecule has 0 saturated carbocycles. The first-order valence-corrected chi connectivity index (χ1v) is 13.7. The molecule has 4 heteroatoms. The third kappa shape index (κ3) is 3.29. The number of para-hydroxylation sites is 1. The summed E-state index contributed by atoms with van der Waals surface area (Å²) in [7, 11) is 1.42. The Labute approximate surface area is 178 Å². The lowest BCUT2D eigenvalue weighted by Gasteiger charge is -2.57. The van der Waals surface area contributed by atoms with Gasteiger partial charge in [-0.2, -0.15) is 0 Å². The van der Waals surface area contributed by atoms with Gasteiger partial charge >= 0.3 is 10.5 Å². The summed E-state index contributed by atoms with van der Waals surface area (Å²) >= 11 is 0. The largest absolute Gasteiger partial charge is 0.540 e. The van der Waals surface area contributed by atoms with Crippen LogP contribution in [0.3, 0.4) is 0 Å². The van der Waals surface area contributed by atoms with Crippen LogP contribution in [0.15, 0.2) is 84.9 Å². The molecule has 3 aromatic rings. The molecule has 1 unspecified atom stereocenters. The second-order valence-electron chi connectivity index (χ2n) is 8.63. The molecular weight excluding hydrogens is 388 g/mol. The summed E-state index contributed by atoms with van der Waals surface area (Å²) in [5.41, 5.74) is 2.73. The van der Waals surface area contributed by atoms with Crippen LogP contribution in [0.1, 0.15) is 30.0 Å². The van der Waals surface area contributed by atoms with E-state index in [0.29, 0.717) is 0 Å². The highest BCUT2D eigenvalue weighted by Gasteiger charge is 2.58. The van der Waals surface area contributed by atoms with Gasteiger partial charge in [0.2, 0.25) is 0 Å². The van der Waals surface area contributed by atoms with Crippen molar-refractivity contribution in [3.63, 3.8) is 0 Å². The van der Waals surface area contributed by atoms with E-state index in [4.69, 9.17) is 8.85 Å². The van der Waals surface area contributed by atoms with Gasteiger partial charge in [0.15, 0.2) is 8.32 Å². The van der Waals surface area contributed by atoms with Crippen LogP contribution in [0.4, 0.5) is 0 Å². The summed E-state index contributed by atoms with van der Waals surface area (Å²) in [4.78, 5) is 0. The average Bonchev–Trinajstić information content (AvgIpc) is 2.75. The molecule has 0 aliphatic carbocycles. The van der Waals surface area contributed by atoms with Gasteiger partial charge in [-0.05, 0) is 49.7 Å². The molecule has 0 amide bonds. The minimum atomic E-state index is -1.87. The maximum Gasteiger partial charge on any atom is 0.341 e. The third-order valence-corrected chi connectivity index (χ3v) is 9.08. The molecule has 1 aliphatic rings. The van der Waals surface area contributed by atoms with Gasteiger partial charge in [-0.15, -0.1) is 0 Å². The van der Waals surface area contributed by atoms with Crippen LogP contribution in [0, 0.1) is 0 Å². The Morgan fingerprint density at radius 2 is 1.34 bits per heavy atom. The molecule has 1 atom stereocenters. The van der Waals surface area contributed by atoms with Crippen molar-refractivity contribution in [1.29, 1.82) is 0 Å². The zero-order chi connectivity index (χ0) is 20.5. The van der Waals surface area contributed by atoms with Gasteiger partial charge < -0.3 is 8.85 Å². The molecule has 1 aliphatic heterocycles. The molecule has 2 nitrogen and oxygen atoms in total. The second kappa shape index (κ2) is 7.60. The molecule has 0 spiro atoms. The van der Waals surface area contributed by atoms with Crippen LogP contribution >= 0.6 is 0 Å². The quantitative estimate of drug-likeness (QED) is 0.488. The van der Waals surface area contributed by atoms with Gasteiger partial charge in [0.05, 0.1) is 11.0 Å².